The molecule has 1 amide bonds. The van der Waals surface area contributed by atoms with Crippen molar-refractivity contribution >= 4 is 47.6 Å². The number of hydrogen-bond donors (Lipinski definition) is 2. The van der Waals surface area contributed by atoms with Gasteiger partial charge >= 0.3 is 0 Å². The highest BCUT2D eigenvalue weighted by Crippen LogP contribution is 2.39. The van der Waals surface area contributed by atoms with Crippen LogP contribution in [0.5, 0.6) is 0 Å². The molecule has 7 heteroatoms. The van der Waals surface area contributed by atoms with Crippen LogP contribution >= 0.6 is 35.7 Å². The second kappa shape index (κ2) is 12.9. The largest absolute Gasteiger partial charge is 0.357 e. The average molecular weight is 468 g/mol. The summed E-state index contributed by atoms with van der Waals surface area (Å²) in [5.41, 5.74) is -0.302. The lowest BCUT2D eigenvalue weighted by Crippen LogP contribution is -2.43. The molecule has 1 fully saturated rings. The first kappa shape index (κ1) is 23.6. The van der Waals surface area contributed by atoms with E-state index in [0.29, 0.717) is 6.54 Å². The lowest BCUT2D eigenvalue weighted by Gasteiger charge is -2.29. The van der Waals surface area contributed by atoms with Gasteiger partial charge in [0.1, 0.15) is 0 Å². The van der Waals surface area contributed by atoms with Crippen molar-refractivity contribution in [1.29, 1.82) is 0 Å². The van der Waals surface area contributed by atoms with Crippen molar-refractivity contribution in [3.05, 3.63) is 12.7 Å². The number of hydrogen-bond acceptors (Lipinski definition) is 3. The lowest BCUT2D eigenvalue weighted by atomic mass is 9.85. The summed E-state index contributed by atoms with van der Waals surface area (Å²) < 4.78 is 0. The molecule has 0 saturated heterocycles. The molecule has 0 aliphatic heterocycles. The number of halogens is 1. The Kier molecular flexibility index (Phi) is 12.6. The van der Waals surface area contributed by atoms with Gasteiger partial charge in [0.25, 0.3) is 0 Å². The Labute approximate surface area is 168 Å². The van der Waals surface area contributed by atoms with Crippen molar-refractivity contribution in [2.45, 2.75) is 32.6 Å². The molecule has 0 heterocycles. The van der Waals surface area contributed by atoms with Crippen LogP contribution in [0.2, 0.25) is 0 Å². The first-order valence-corrected chi connectivity index (χ1v) is 9.64. The molecule has 0 spiro atoms. The molecule has 1 aliphatic carbocycles. The minimum absolute atomic E-state index is 0. The Bertz CT molecular complexity index is 409. The van der Waals surface area contributed by atoms with Crippen molar-refractivity contribution in [1.82, 2.24) is 15.5 Å². The third-order valence-corrected chi connectivity index (χ3v) is 5.04. The Morgan fingerprint density at radius 2 is 2.00 bits per heavy atom. The van der Waals surface area contributed by atoms with E-state index in [1.165, 1.54) is 0 Å². The Morgan fingerprint density at radius 1 is 1.33 bits per heavy atom. The molecule has 1 rings (SSSR count). The summed E-state index contributed by atoms with van der Waals surface area (Å²) in [4.78, 5) is 19.0. The van der Waals surface area contributed by atoms with E-state index in [1.807, 2.05) is 31.9 Å². The maximum atomic E-state index is 12.6. The van der Waals surface area contributed by atoms with Crippen LogP contribution in [0.25, 0.3) is 0 Å². The zero-order chi connectivity index (χ0) is 17.1. The molecule has 140 valence electrons. The quantitative estimate of drug-likeness (QED) is 0.180. The highest BCUT2D eigenvalue weighted by molar-refractivity contribution is 14.0. The number of carbonyl (C=O) groups is 1. The second-order valence-electron chi connectivity index (χ2n) is 6.17. The maximum absolute atomic E-state index is 12.6. The van der Waals surface area contributed by atoms with Gasteiger partial charge in [0, 0.05) is 38.7 Å². The third kappa shape index (κ3) is 7.63. The minimum atomic E-state index is -0.302. The van der Waals surface area contributed by atoms with E-state index in [-0.39, 0.29) is 35.3 Å². The number of guanidine groups is 1. The van der Waals surface area contributed by atoms with Crippen molar-refractivity contribution in [2.24, 2.45) is 10.4 Å². The van der Waals surface area contributed by atoms with E-state index >= 15 is 0 Å². The smallest absolute Gasteiger partial charge is 0.230 e. The molecule has 1 saturated carbocycles. The van der Waals surface area contributed by atoms with Crippen molar-refractivity contribution in [3.8, 4) is 0 Å². The summed E-state index contributed by atoms with van der Waals surface area (Å²) in [6.45, 7) is 8.03. The van der Waals surface area contributed by atoms with Crippen LogP contribution in [-0.2, 0) is 4.79 Å². The summed E-state index contributed by atoms with van der Waals surface area (Å²) in [6.07, 6.45) is 6.05. The van der Waals surface area contributed by atoms with Crippen molar-refractivity contribution in [3.63, 3.8) is 0 Å². The maximum Gasteiger partial charge on any atom is 0.230 e. The summed E-state index contributed by atoms with van der Waals surface area (Å²) in [5.74, 6) is 3.01. The van der Waals surface area contributed by atoms with E-state index in [2.05, 4.69) is 24.1 Å². The first-order chi connectivity index (χ1) is 11.1. The van der Waals surface area contributed by atoms with Gasteiger partial charge in [0.05, 0.1) is 12.0 Å². The zero-order valence-corrected chi connectivity index (χ0v) is 18.4. The fourth-order valence-corrected chi connectivity index (χ4v) is 3.53. The number of thioether (sulfide) groups is 1. The summed E-state index contributed by atoms with van der Waals surface area (Å²) in [7, 11) is 3.68. The normalized spacial score (nSPS) is 16.2. The zero-order valence-electron chi connectivity index (χ0n) is 15.3. The summed E-state index contributed by atoms with van der Waals surface area (Å²) in [6, 6.07) is 0. The van der Waals surface area contributed by atoms with Gasteiger partial charge in [-0.05, 0) is 19.8 Å². The minimum Gasteiger partial charge on any atom is -0.357 e. The van der Waals surface area contributed by atoms with Crippen LogP contribution in [0.1, 0.15) is 32.6 Å². The molecular weight excluding hydrogens is 435 g/mol. The van der Waals surface area contributed by atoms with Gasteiger partial charge in [-0.2, -0.15) is 11.8 Å². The first-order valence-electron chi connectivity index (χ1n) is 8.48. The number of aliphatic imine (C=N–C) groups is 1. The SMILES string of the molecule is C=CCSCCNC(=NCC1(C(=O)N(C)C)CCCC1)NCC.I. The van der Waals surface area contributed by atoms with Gasteiger partial charge in [-0.1, -0.05) is 18.9 Å². The van der Waals surface area contributed by atoms with Gasteiger partial charge in [-0.25, -0.2) is 0 Å². The monoisotopic (exact) mass is 468 g/mol. The van der Waals surface area contributed by atoms with Crippen molar-refractivity contribution in [2.75, 3.05) is 45.2 Å². The molecule has 0 aromatic heterocycles. The van der Waals surface area contributed by atoms with Crippen LogP contribution in [0, 0.1) is 5.41 Å². The molecule has 0 radical (unpaired) electrons. The molecular formula is C17H33IN4OS. The van der Waals surface area contributed by atoms with Crippen LogP contribution < -0.4 is 10.6 Å². The van der Waals surface area contributed by atoms with Gasteiger partial charge in [-0.15, -0.1) is 30.6 Å². The average Bonchev–Trinajstić information content (AvgIpc) is 3.01. The Balaban J connectivity index is 0.00000529. The molecule has 0 unspecified atom stereocenters. The van der Waals surface area contributed by atoms with Crippen LogP contribution in [-0.4, -0.2) is 62.0 Å². The van der Waals surface area contributed by atoms with Crippen LogP contribution in [0.15, 0.2) is 17.6 Å². The fourth-order valence-electron chi connectivity index (χ4n) is 2.95. The van der Waals surface area contributed by atoms with E-state index < -0.39 is 0 Å². The van der Waals surface area contributed by atoms with Gasteiger partial charge in [0.2, 0.25) is 5.91 Å². The van der Waals surface area contributed by atoms with Gasteiger partial charge in [-0.3, -0.25) is 9.79 Å². The number of amides is 1. The standard InChI is InChI=1S/C17H32N4OS.HI/c1-5-12-23-13-11-19-16(18-6-2)20-14-17(9-7-8-10-17)15(22)21(3)4;/h5H,1,6-14H2,2-4H3,(H2,18,19,20);1H. The second-order valence-corrected chi connectivity index (χ2v) is 7.32. The molecule has 1 aliphatic rings. The molecule has 5 nitrogen and oxygen atoms in total. The van der Waals surface area contributed by atoms with Crippen LogP contribution in [0.3, 0.4) is 0 Å². The van der Waals surface area contributed by atoms with E-state index in [9.17, 15) is 4.79 Å². The molecule has 0 bridgehead atoms. The number of rotatable bonds is 9. The number of nitrogens with zero attached hydrogens (tertiary/aromatic N) is 2. The number of carbonyl (C=O) groups excluding carboxylic acids is 1. The molecule has 2 N–H and O–H groups in total. The predicted molar refractivity (Wildman–Crippen MR) is 117 cm³/mol. The van der Waals surface area contributed by atoms with Gasteiger partial charge in [0.15, 0.2) is 5.96 Å². The van der Waals surface area contributed by atoms with E-state index in [1.54, 1.807) is 4.90 Å². The molecule has 0 aromatic rings. The Morgan fingerprint density at radius 3 is 2.54 bits per heavy atom. The highest BCUT2D eigenvalue weighted by Gasteiger charge is 2.41. The number of nitrogens with one attached hydrogen (secondary N) is 2. The van der Waals surface area contributed by atoms with E-state index in [4.69, 9.17) is 4.99 Å². The molecule has 0 atom stereocenters. The molecule has 24 heavy (non-hydrogen) atoms. The van der Waals surface area contributed by atoms with Crippen molar-refractivity contribution < 1.29 is 4.79 Å². The van der Waals surface area contributed by atoms with Crippen LogP contribution in [0.4, 0.5) is 0 Å². The lowest BCUT2D eigenvalue weighted by molar-refractivity contribution is -0.138. The molecule has 0 aromatic carbocycles. The fraction of sp³-hybridized carbons (Fsp3) is 0.765. The third-order valence-electron chi connectivity index (χ3n) is 4.08. The van der Waals surface area contributed by atoms with Gasteiger partial charge < -0.3 is 15.5 Å². The highest BCUT2D eigenvalue weighted by atomic mass is 127. The Hall–Kier alpha value is -0.440. The predicted octanol–water partition coefficient (Wildman–Crippen LogP) is 2.73. The van der Waals surface area contributed by atoms with E-state index in [0.717, 1.165) is 56.2 Å². The summed E-state index contributed by atoms with van der Waals surface area (Å²) in [5, 5.41) is 6.62. The topological polar surface area (TPSA) is 56.7 Å². The summed E-state index contributed by atoms with van der Waals surface area (Å²) >= 11 is 1.84.